The van der Waals surface area contributed by atoms with Crippen LogP contribution in [0.25, 0.3) is 0 Å². The van der Waals surface area contributed by atoms with Gasteiger partial charge in [-0.25, -0.2) is 0 Å². The third kappa shape index (κ3) is 3.85. The molecule has 3 N–H and O–H groups in total. The molecule has 1 aromatic carbocycles. The maximum atomic E-state index is 12.1. The average Bonchev–Trinajstić information content (AvgIpc) is 3.47. The third-order valence-corrected chi connectivity index (χ3v) is 3.81. The number of anilines is 3. The minimum absolute atomic E-state index is 0.0473. The molecule has 1 aliphatic carbocycles. The molecule has 8 nitrogen and oxygen atoms in total. The van der Waals surface area contributed by atoms with Gasteiger partial charge in [-0.1, -0.05) is 12.1 Å². The SMILES string of the molecule is CNC(=O)c1nnc(NC(=O)C2CC2)cc1Nc1ccccc1OC. The first-order valence-corrected chi connectivity index (χ1v) is 7.93. The Morgan fingerprint density at radius 1 is 1.16 bits per heavy atom. The fourth-order valence-corrected chi connectivity index (χ4v) is 2.30. The number of amides is 2. The molecule has 1 aromatic heterocycles. The van der Waals surface area contributed by atoms with Crippen molar-refractivity contribution in [2.24, 2.45) is 5.92 Å². The molecule has 0 spiro atoms. The number of ether oxygens (including phenoxy) is 1. The van der Waals surface area contributed by atoms with E-state index in [1.165, 1.54) is 7.05 Å². The topological polar surface area (TPSA) is 105 Å². The van der Waals surface area contributed by atoms with Crippen molar-refractivity contribution in [1.29, 1.82) is 0 Å². The zero-order valence-electron chi connectivity index (χ0n) is 14.0. The first-order valence-electron chi connectivity index (χ1n) is 7.93. The second-order valence-corrected chi connectivity index (χ2v) is 5.66. The van der Waals surface area contributed by atoms with Crippen molar-refractivity contribution in [3.63, 3.8) is 0 Å². The van der Waals surface area contributed by atoms with Gasteiger partial charge in [-0.3, -0.25) is 9.59 Å². The molecular weight excluding hydrogens is 322 g/mol. The minimum Gasteiger partial charge on any atom is -0.495 e. The average molecular weight is 341 g/mol. The molecule has 1 aliphatic rings. The number of methoxy groups -OCH3 is 1. The number of hydrogen-bond acceptors (Lipinski definition) is 6. The molecule has 0 atom stereocenters. The zero-order chi connectivity index (χ0) is 17.8. The summed E-state index contributed by atoms with van der Waals surface area (Å²) in [6, 6.07) is 8.89. The number of benzene rings is 1. The van der Waals surface area contributed by atoms with E-state index in [0.717, 1.165) is 12.8 Å². The molecule has 1 saturated carbocycles. The Kier molecular flexibility index (Phi) is 4.78. The largest absolute Gasteiger partial charge is 0.495 e. The summed E-state index contributed by atoms with van der Waals surface area (Å²) in [5.74, 6) is 0.494. The first kappa shape index (κ1) is 16.7. The molecule has 3 rings (SSSR count). The lowest BCUT2D eigenvalue weighted by Crippen LogP contribution is -2.22. The summed E-state index contributed by atoms with van der Waals surface area (Å²) in [6.45, 7) is 0. The van der Waals surface area contributed by atoms with Gasteiger partial charge in [-0.15, -0.1) is 10.2 Å². The van der Waals surface area contributed by atoms with Gasteiger partial charge in [-0.2, -0.15) is 0 Å². The predicted octanol–water partition coefficient (Wildman–Crippen LogP) is 1.94. The maximum Gasteiger partial charge on any atom is 0.273 e. The molecule has 25 heavy (non-hydrogen) atoms. The Balaban J connectivity index is 1.92. The fraction of sp³-hybridized carbons (Fsp3) is 0.294. The summed E-state index contributed by atoms with van der Waals surface area (Å²) in [4.78, 5) is 24.0. The van der Waals surface area contributed by atoms with Gasteiger partial charge < -0.3 is 20.7 Å². The summed E-state index contributed by atoms with van der Waals surface area (Å²) >= 11 is 0. The van der Waals surface area contributed by atoms with E-state index in [4.69, 9.17) is 4.74 Å². The second-order valence-electron chi connectivity index (χ2n) is 5.66. The van der Waals surface area contributed by atoms with Crippen LogP contribution in [0.4, 0.5) is 17.2 Å². The Morgan fingerprint density at radius 3 is 2.60 bits per heavy atom. The molecule has 130 valence electrons. The lowest BCUT2D eigenvalue weighted by molar-refractivity contribution is -0.117. The van der Waals surface area contributed by atoms with Crippen molar-refractivity contribution < 1.29 is 14.3 Å². The summed E-state index contributed by atoms with van der Waals surface area (Å²) in [5, 5.41) is 16.3. The molecule has 2 aromatic rings. The number of aromatic nitrogens is 2. The van der Waals surface area contributed by atoms with Crippen LogP contribution in [0.1, 0.15) is 23.3 Å². The Labute approximate surface area is 145 Å². The standard InChI is InChI=1S/C17H19N5O3/c1-18-17(24)15-12(19-11-5-3-4-6-13(11)25-2)9-14(21-22-15)20-16(23)10-7-8-10/h3-6,9-10H,7-8H2,1-2H3,(H,18,24)(H2,19,20,21,23). The highest BCUT2D eigenvalue weighted by molar-refractivity contribution is 5.99. The van der Waals surface area contributed by atoms with Crippen molar-refractivity contribution in [3.05, 3.63) is 36.0 Å². The number of rotatable bonds is 6. The van der Waals surface area contributed by atoms with E-state index >= 15 is 0 Å². The smallest absolute Gasteiger partial charge is 0.273 e. The molecule has 1 heterocycles. The molecule has 2 amide bonds. The van der Waals surface area contributed by atoms with E-state index in [1.54, 1.807) is 19.2 Å². The fourth-order valence-electron chi connectivity index (χ4n) is 2.30. The number of para-hydroxylation sites is 2. The Bertz CT molecular complexity index is 805. The second kappa shape index (κ2) is 7.16. The lowest BCUT2D eigenvalue weighted by atomic mass is 10.2. The number of carbonyl (C=O) groups excluding carboxylic acids is 2. The van der Waals surface area contributed by atoms with E-state index in [1.807, 2.05) is 18.2 Å². The summed E-state index contributed by atoms with van der Waals surface area (Å²) in [5.41, 5.74) is 1.21. The maximum absolute atomic E-state index is 12.1. The highest BCUT2D eigenvalue weighted by Gasteiger charge is 2.30. The third-order valence-electron chi connectivity index (χ3n) is 3.81. The van der Waals surface area contributed by atoms with Crippen molar-refractivity contribution in [3.8, 4) is 5.75 Å². The van der Waals surface area contributed by atoms with Crippen LogP contribution in [0, 0.1) is 5.92 Å². The van der Waals surface area contributed by atoms with Crippen LogP contribution in [-0.2, 0) is 4.79 Å². The van der Waals surface area contributed by atoms with Crippen LogP contribution in [0.3, 0.4) is 0 Å². The van der Waals surface area contributed by atoms with Gasteiger partial charge in [0.1, 0.15) is 5.75 Å². The molecule has 8 heteroatoms. The molecule has 0 aliphatic heterocycles. The van der Waals surface area contributed by atoms with Crippen molar-refractivity contribution in [1.82, 2.24) is 15.5 Å². The van der Waals surface area contributed by atoms with E-state index in [0.29, 0.717) is 22.9 Å². The van der Waals surface area contributed by atoms with Gasteiger partial charge >= 0.3 is 0 Å². The predicted molar refractivity (Wildman–Crippen MR) is 93.1 cm³/mol. The highest BCUT2D eigenvalue weighted by atomic mass is 16.5. The molecular formula is C17H19N5O3. The van der Waals surface area contributed by atoms with Crippen molar-refractivity contribution in [2.75, 3.05) is 24.8 Å². The molecule has 0 unspecified atom stereocenters. The Morgan fingerprint density at radius 2 is 1.92 bits per heavy atom. The quantitative estimate of drug-likeness (QED) is 0.741. The van der Waals surface area contributed by atoms with Crippen LogP contribution in [-0.4, -0.2) is 36.2 Å². The van der Waals surface area contributed by atoms with Gasteiger partial charge in [-0.05, 0) is 25.0 Å². The summed E-state index contributed by atoms with van der Waals surface area (Å²) < 4.78 is 5.31. The molecule has 1 fully saturated rings. The van der Waals surface area contributed by atoms with E-state index < -0.39 is 0 Å². The monoisotopic (exact) mass is 341 g/mol. The Hall–Kier alpha value is -3.16. The molecule has 0 radical (unpaired) electrons. The van der Waals surface area contributed by atoms with E-state index in [2.05, 4.69) is 26.1 Å². The van der Waals surface area contributed by atoms with Crippen LogP contribution in [0.5, 0.6) is 5.75 Å². The van der Waals surface area contributed by atoms with Crippen LogP contribution >= 0.6 is 0 Å². The van der Waals surface area contributed by atoms with Gasteiger partial charge in [0.15, 0.2) is 11.5 Å². The first-order chi connectivity index (χ1) is 12.1. The van der Waals surface area contributed by atoms with E-state index in [9.17, 15) is 9.59 Å². The van der Waals surface area contributed by atoms with E-state index in [-0.39, 0.29) is 23.4 Å². The van der Waals surface area contributed by atoms with Gasteiger partial charge in [0.2, 0.25) is 5.91 Å². The minimum atomic E-state index is -0.384. The summed E-state index contributed by atoms with van der Waals surface area (Å²) in [6.07, 6.45) is 1.78. The number of nitrogens with one attached hydrogen (secondary N) is 3. The van der Waals surface area contributed by atoms with Gasteiger partial charge in [0.05, 0.1) is 18.5 Å². The molecule has 0 saturated heterocycles. The van der Waals surface area contributed by atoms with Crippen LogP contribution in [0.2, 0.25) is 0 Å². The number of nitrogens with zero attached hydrogens (tertiary/aromatic N) is 2. The zero-order valence-corrected chi connectivity index (χ0v) is 14.0. The van der Waals surface area contributed by atoms with Crippen LogP contribution in [0.15, 0.2) is 30.3 Å². The molecule has 0 bridgehead atoms. The normalized spacial score (nSPS) is 13.0. The van der Waals surface area contributed by atoms with Gasteiger partial charge in [0.25, 0.3) is 5.91 Å². The summed E-state index contributed by atoms with van der Waals surface area (Å²) in [7, 11) is 3.08. The highest BCUT2D eigenvalue weighted by Crippen LogP contribution is 2.31. The van der Waals surface area contributed by atoms with Crippen molar-refractivity contribution >= 4 is 29.0 Å². The lowest BCUT2D eigenvalue weighted by Gasteiger charge is -2.14. The number of carbonyl (C=O) groups is 2. The van der Waals surface area contributed by atoms with Crippen molar-refractivity contribution in [2.45, 2.75) is 12.8 Å². The number of hydrogen-bond donors (Lipinski definition) is 3. The van der Waals surface area contributed by atoms with Crippen LogP contribution < -0.4 is 20.7 Å². The van der Waals surface area contributed by atoms with Gasteiger partial charge in [0, 0.05) is 19.0 Å².